The van der Waals surface area contributed by atoms with E-state index in [1.807, 2.05) is 0 Å². The van der Waals surface area contributed by atoms with Crippen molar-refractivity contribution in [3.8, 4) is 5.75 Å². The molecule has 1 aromatic carbocycles. The number of phenolic OH excluding ortho intramolecular Hbond substituents is 1. The third-order valence-corrected chi connectivity index (χ3v) is 15.6. The van der Waals surface area contributed by atoms with Crippen LogP contribution in [-0.2, 0) is 78.3 Å². The molecule has 0 aliphatic heterocycles. The molecule has 586 valence electrons. The van der Waals surface area contributed by atoms with Crippen LogP contribution in [0.5, 0.6) is 5.75 Å². The number of rotatable bonds is 49. The summed E-state index contributed by atoms with van der Waals surface area (Å²) < 4.78 is 0. The number of nitrogens with zero attached hydrogens (tertiary/aromatic N) is 1. The van der Waals surface area contributed by atoms with Crippen LogP contribution in [0.15, 0.2) is 29.3 Å². The molecule has 0 aliphatic carbocycles. The Morgan fingerprint density at radius 3 is 1.29 bits per heavy atom. The lowest BCUT2D eigenvalue weighted by Gasteiger charge is -2.29. The van der Waals surface area contributed by atoms with E-state index in [9.17, 15) is 113 Å². The first kappa shape index (κ1) is 92.1. The van der Waals surface area contributed by atoms with Gasteiger partial charge in [-0.3, -0.25) is 72.1 Å². The number of aliphatic imine (C=N–C) groups is 1. The largest absolute Gasteiger partial charge is 0.508 e. The van der Waals surface area contributed by atoms with Crippen LogP contribution >= 0.6 is 0 Å². The van der Waals surface area contributed by atoms with E-state index in [1.54, 1.807) is 41.5 Å². The zero-order valence-electron chi connectivity index (χ0n) is 59.8. The van der Waals surface area contributed by atoms with Crippen molar-refractivity contribution in [1.29, 1.82) is 0 Å². The highest BCUT2D eigenvalue weighted by Gasteiger charge is 2.39. The Labute approximate surface area is 600 Å². The Morgan fingerprint density at radius 2 is 0.837 bits per heavy atom. The molecule has 1 rings (SSSR count). The highest BCUT2D eigenvalue weighted by Crippen LogP contribution is 2.15. The summed E-state index contributed by atoms with van der Waals surface area (Å²) in [5, 5.41) is 109. The molecule has 0 fully saturated rings. The summed E-state index contributed by atoms with van der Waals surface area (Å²) in [6, 6.07) is -16.5. The van der Waals surface area contributed by atoms with Gasteiger partial charge in [-0.25, -0.2) is 4.79 Å². The van der Waals surface area contributed by atoms with E-state index in [4.69, 9.17) is 22.9 Å². The standard InChI is InChI=1S/C64H107N17O23/c1-29(2)23-40(73-51(91)32(7)70-61(101)49(33(8)84)80-56(96)41(24-30(3)4)74-54(94)43(26-47(89)90)76-58(98)44(27-82)77-52(92)37(66)13-12-22-69-64(67)68)55(95)81-50(34(9)85)62(102)71-38(19-20-46(87)88)53(93)78-45(28-83)59(99)75-42(25-35-15-17-36(86)18-16-35)57(97)79-48(31(5)6)60(100)72-39(63(103)104)14-10-11-21-65/h15-18,29-34,37-45,48-50,82-86H,10-14,19-28,65-66H2,1-9H3,(H,70,101)(H,71,102)(H,72,100)(H,73,91)(H,74,94)(H,75,99)(H,76,98)(H,77,92)(H,78,93)(H,79,97)(H,80,96)(H,81,95)(H,87,88)(H,89,90)(H,103,104)(H4,67,68,69)/t32-,33+,34+,37-,38-,39-,40-,41-,42-,43-,44-,45-,48-,49-,50-/m0/s1. The van der Waals surface area contributed by atoms with Crippen molar-refractivity contribution in [2.45, 2.75) is 224 Å². The van der Waals surface area contributed by atoms with Gasteiger partial charge in [0.15, 0.2) is 5.96 Å². The Hall–Kier alpha value is -9.90. The van der Waals surface area contributed by atoms with Crippen molar-refractivity contribution >= 4 is 94.8 Å². The molecule has 0 saturated heterocycles. The fourth-order valence-corrected chi connectivity index (χ4v) is 9.86. The van der Waals surface area contributed by atoms with Crippen LogP contribution < -0.4 is 86.7 Å². The predicted octanol–water partition coefficient (Wildman–Crippen LogP) is -7.80. The number of carboxylic acid groups (broad SMARTS) is 3. The summed E-state index contributed by atoms with van der Waals surface area (Å²) in [4.78, 5) is 205. The van der Waals surface area contributed by atoms with Gasteiger partial charge in [-0.15, -0.1) is 0 Å². The highest BCUT2D eigenvalue weighted by molar-refractivity contribution is 6.00. The van der Waals surface area contributed by atoms with E-state index in [-0.39, 0.29) is 63.3 Å². The zero-order valence-corrected chi connectivity index (χ0v) is 59.8. The molecule has 0 heterocycles. The van der Waals surface area contributed by atoms with Gasteiger partial charge in [0.25, 0.3) is 0 Å². The number of carbonyl (C=O) groups excluding carboxylic acids is 12. The first-order valence-electron chi connectivity index (χ1n) is 33.7. The van der Waals surface area contributed by atoms with E-state index < -0.39 is 230 Å². The molecule has 12 amide bonds. The average Bonchev–Trinajstić information content (AvgIpc) is 0.855. The second kappa shape index (κ2) is 46.7. The van der Waals surface area contributed by atoms with Crippen LogP contribution in [0.1, 0.15) is 132 Å². The Kier molecular flexibility index (Phi) is 41.3. The number of phenols is 1. The monoisotopic (exact) mass is 1480 g/mol. The van der Waals surface area contributed by atoms with Gasteiger partial charge in [0.1, 0.15) is 78.3 Å². The van der Waals surface area contributed by atoms with Crippen molar-refractivity contribution in [3.63, 3.8) is 0 Å². The summed E-state index contributed by atoms with van der Waals surface area (Å²) in [6.45, 7) is 11.0. The molecule has 40 nitrogen and oxygen atoms in total. The van der Waals surface area contributed by atoms with Gasteiger partial charge in [-0.1, -0.05) is 53.7 Å². The smallest absolute Gasteiger partial charge is 0.326 e. The molecule has 15 atom stereocenters. The second-order valence-corrected chi connectivity index (χ2v) is 26.1. The number of benzene rings is 1. The maximum atomic E-state index is 14.1. The SMILES string of the molecule is CC(C)C[C@H](NC(=O)[C@H](C)NC(=O)[C@@H](NC(=O)[C@H](CC(C)C)NC(=O)[C@H](CC(=O)O)NC(=O)[C@H](CO)NC(=O)[C@@H](N)CCCN=C(N)N)[C@@H](C)O)C(=O)N[C@H](C(=O)N[C@@H](CCC(=O)O)C(=O)N[C@@H](CO)C(=O)N[C@@H](Cc1ccc(O)cc1)C(=O)N[C@H](C(=O)N[C@@H](CCCCN)C(=O)O)C(C)C)[C@@H](C)O. The third kappa shape index (κ3) is 34.4. The molecule has 28 N–H and O–H groups in total. The second-order valence-electron chi connectivity index (χ2n) is 26.1. The van der Waals surface area contributed by atoms with Crippen molar-refractivity contribution in [2.75, 3.05) is 26.3 Å². The third-order valence-electron chi connectivity index (χ3n) is 15.6. The molecular formula is C64H107N17O23. The number of amides is 12. The molecule has 0 radical (unpaired) electrons. The molecule has 0 bridgehead atoms. The number of carbonyl (C=O) groups is 15. The summed E-state index contributed by atoms with van der Waals surface area (Å²) in [5.41, 5.74) is 22.3. The van der Waals surface area contributed by atoms with Gasteiger partial charge in [-0.05, 0) is 114 Å². The maximum absolute atomic E-state index is 14.1. The lowest BCUT2D eigenvalue weighted by atomic mass is 10.00. The summed E-state index contributed by atoms with van der Waals surface area (Å²) in [7, 11) is 0. The number of carboxylic acids is 3. The Bertz CT molecular complexity index is 3100. The summed E-state index contributed by atoms with van der Waals surface area (Å²) >= 11 is 0. The first-order valence-corrected chi connectivity index (χ1v) is 33.7. The number of aliphatic hydroxyl groups excluding tert-OH is 4. The number of hydrogen-bond acceptors (Lipinski definition) is 23. The molecule has 0 unspecified atom stereocenters. The fourth-order valence-electron chi connectivity index (χ4n) is 9.86. The molecular weight excluding hydrogens is 1370 g/mol. The van der Waals surface area contributed by atoms with Gasteiger partial charge in [0.2, 0.25) is 70.9 Å². The van der Waals surface area contributed by atoms with Crippen LogP contribution in [0.2, 0.25) is 0 Å². The molecule has 0 spiro atoms. The number of aromatic hydroxyl groups is 1. The first-order chi connectivity index (χ1) is 48.6. The molecule has 0 aromatic heterocycles. The van der Waals surface area contributed by atoms with Gasteiger partial charge in [-0.2, -0.15) is 0 Å². The zero-order chi connectivity index (χ0) is 79.4. The number of nitrogens with one attached hydrogen (secondary N) is 12. The van der Waals surface area contributed by atoms with Crippen LogP contribution in [0.3, 0.4) is 0 Å². The quantitative estimate of drug-likeness (QED) is 0.0164. The van der Waals surface area contributed by atoms with Crippen LogP contribution in [0.25, 0.3) is 0 Å². The lowest BCUT2D eigenvalue weighted by Crippen LogP contribution is -2.63. The lowest BCUT2D eigenvalue weighted by molar-refractivity contribution is -0.143. The van der Waals surface area contributed by atoms with E-state index in [0.29, 0.717) is 18.4 Å². The maximum Gasteiger partial charge on any atom is 0.326 e. The van der Waals surface area contributed by atoms with Crippen LogP contribution in [0.4, 0.5) is 0 Å². The Balaban J connectivity index is 3.43. The normalized spacial score (nSPS) is 15.6. The van der Waals surface area contributed by atoms with Crippen molar-refractivity contribution in [3.05, 3.63) is 29.8 Å². The van der Waals surface area contributed by atoms with Gasteiger partial charge < -0.3 is 128 Å². The topological polar surface area (TPSA) is 679 Å². The van der Waals surface area contributed by atoms with E-state index in [0.717, 1.165) is 20.8 Å². The minimum atomic E-state index is -1.99. The van der Waals surface area contributed by atoms with Crippen molar-refractivity contribution in [2.24, 2.45) is 45.7 Å². The van der Waals surface area contributed by atoms with Gasteiger partial charge in [0.05, 0.1) is 37.9 Å². The molecule has 0 saturated carbocycles. The molecule has 104 heavy (non-hydrogen) atoms. The van der Waals surface area contributed by atoms with E-state index in [1.165, 1.54) is 24.3 Å². The summed E-state index contributed by atoms with van der Waals surface area (Å²) in [5.74, 6) is -20.0. The Morgan fingerprint density at radius 1 is 0.433 bits per heavy atom. The average molecular weight is 1480 g/mol. The van der Waals surface area contributed by atoms with Crippen LogP contribution in [-0.4, -0.2) is 253 Å². The number of aliphatic hydroxyl groups is 4. The van der Waals surface area contributed by atoms with Crippen molar-refractivity contribution in [1.82, 2.24) is 63.8 Å². The van der Waals surface area contributed by atoms with E-state index in [2.05, 4.69) is 68.8 Å². The number of nitrogens with two attached hydrogens (primary N) is 4. The number of hydrogen-bond donors (Lipinski definition) is 24. The number of unbranched alkanes of at least 4 members (excludes halogenated alkanes) is 1. The minimum Gasteiger partial charge on any atom is -0.508 e. The fraction of sp³-hybridized carbons (Fsp3) is 0.656. The van der Waals surface area contributed by atoms with Gasteiger partial charge in [0, 0.05) is 19.4 Å². The van der Waals surface area contributed by atoms with Crippen LogP contribution in [0, 0.1) is 17.8 Å². The number of guanidine groups is 1. The minimum absolute atomic E-state index is 0.0140. The van der Waals surface area contributed by atoms with Gasteiger partial charge >= 0.3 is 17.9 Å². The predicted molar refractivity (Wildman–Crippen MR) is 369 cm³/mol. The summed E-state index contributed by atoms with van der Waals surface area (Å²) in [6.07, 6.45) is -5.77. The number of aliphatic carboxylic acids is 3. The van der Waals surface area contributed by atoms with Crippen molar-refractivity contribution < 1.29 is 113 Å². The molecule has 1 aromatic rings. The van der Waals surface area contributed by atoms with E-state index >= 15 is 0 Å². The highest BCUT2D eigenvalue weighted by atomic mass is 16.4. The molecule has 0 aliphatic rings. The molecule has 40 heteroatoms.